The fraction of sp³-hybridized carbons (Fsp3) is 0.368. The maximum Gasteiger partial charge on any atom is 0.269 e. The summed E-state index contributed by atoms with van der Waals surface area (Å²) in [5.41, 5.74) is 1.77. The number of hydrogen-bond donors (Lipinski definition) is 2. The number of anilines is 2. The summed E-state index contributed by atoms with van der Waals surface area (Å²) in [5.74, 6) is 1.47. The first-order chi connectivity index (χ1) is 12.4. The average molecular weight is 378 g/mol. The molecule has 0 radical (unpaired) electrons. The molecule has 0 atom stereocenters. The predicted molar refractivity (Wildman–Crippen MR) is 104 cm³/mol. The summed E-state index contributed by atoms with van der Waals surface area (Å²) in [6.07, 6.45) is 2.53. The molecule has 0 bridgehead atoms. The van der Waals surface area contributed by atoms with Crippen molar-refractivity contribution >= 4 is 28.9 Å². The fourth-order valence-corrected chi connectivity index (χ4v) is 2.51. The van der Waals surface area contributed by atoms with Crippen molar-refractivity contribution in [3.63, 3.8) is 0 Å². The maximum atomic E-state index is 12.1. The zero-order valence-electron chi connectivity index (χ0n) is 15.4. The van der Waals surface area contributed by atoms with Crippen LogP contribution in [0.5, 0.6) is 11.5 Å². The monoisotopic (exact) mass is 377 g/mol. The van der Waals surface area contributed by atoms with Crippen LogP contribution in [0.25, 0.3) is 0 Å². The Kier molecular flexibility index (Phi) is 7.09. The molecule has 1 amide bonds. The van der Waals surface area contributed by atoms with Crippen LogP contribution in [0.15, 0.2) is 30.5 Å². The molecule has 0 saturated heterocycles. The van der Waals surface area contributed by atoms with E-state index in [-0.39, 0.29) is 5.91 Å². The molecule has 2 rings (SSSR count). The maximum absolute atomic E-state index is 12.1. The van der Waals surface area contributed by atoms with E-state index in [4.69, 9.17) is 21.1 Å². The number of benzene rings is 1. The highest BCUT2D eigenvalue weighted by atomic mass is 35.5. The molecule has 1 aromatic carbocycles. The topological polar surface area (TPSA) is 72.5 Å². The van der Waals surface area contributed by atoms with Gasteiger partial charge in [-0.1, -0.05) is 25.4 Å². The Balaban J connectivity index is 2.08. The van der Waals surface area contributed by atoms with Crippen LogP contribution in [-0.2, 0) is 0 Å². The molecule has 2 aromatic rings. The number of ether oxygens (including phenoxy) is 2. The van der Waals surface area contributed by atoms with Gasteiger partial charge in [0.15, 0.2) is 0 Å². The molecule has 7 heteroatoms. The predicted octanol–water partition coefficient (Wildman–Crippen LogP) is 4.27. The van der Waals surface area contributed by atoms with Crippen LogP contribution in [0.2, 0.25) is 5.02 Å². The number of nitrogens with one attached hydrogen (secondary N) is 2. The van der Waals surface area contributed by atoms with E-state index >= 15 is 0 Å². The van der Waals surface area contributed by atoms with E-state index in [1.807, 2.05) is 0 Å². The third kappa shape index (κ3) is 5.26. The number of pyridine rings is 1. The molecule has 0 saturated carbocycles. The van der Waals surface area contributed by atoms with Crippen molar-refractivity contribution in [1.82, 2.24) is 10.3 Å². The number of hydrogen-bond acceptors (Lipinski definition) is 5. The Bertz CT molecular complexity index is 748. The number of amides is 1. The Hall–Kier alpha value is -2.47. The van der Waals surface area contributed by atoms with Crippen molar-refractivity contribution in [1.29, 1.82) is 0 Å². The summed E-state index contributed by atoms with van der Waals surface area (Å²) in [4.78, 5) is 16.3. The van der Waals surface area contributed by atoms with Crippen LogP contribution >= 0.6 is 11.6 Å². The molecule has 140 valence electrons. The number of carbonyl (C=O) groups is 1. The van der Waals surface area contributed by atoms with Crippen molar-refractivity contribution in [2.45, 2.75) is 20.3 Å². The lowest BCUT2D eigenvalue weighted by Crippen LogP contribution is -2.26. The molecule has 0 aliphatic rings. The van der Waals surface area contributed by atoms with Crippen LogP contribution < -0.4 is 20.1 Å². The molecule has 0 aliphatic heterocycles. The summed E-state index contributed by atoms with van der Waals surface area (Å²) in [6.45, 7) is 4.87. The van der Waals surface area contributed by atoms with Gasteiger partial charge in [0.2, 0.25) is 0 Å². The van der Waals surface area contributed by atoms with Gasteiger partial charge in [-0.25, -0.2) is 4.98 Å². The van der Waals surface area contributed by atoms with E-state index < -0.39 is 0 Å². The Morgan fingerprint density at radius 3 is 2.50 bits per heavy atom. The number of nitrogens with zero attached hydrogens (tertiary/aromatic N) is 1. The molecule has 1 aromatic heterocycles. The molecule has 26 heavy (non-hydrogen) atoms. The molecule has 0 unspecified atom stereocenters. The van der Waals surface area contributed by atoms with E-state index in [2.05, 4.69) is 29.5 Å². The number of halogens is 1. The van der Waals surface area contributed by atoms with E-state index in [9.17, 15) is 4.79 Å². The molecule has 6 nitrogen and oxygen atoms in total. The fourth-order valence-electron chi connectivity index (χ4n) is 2.28. The minimum absolute atomic E-state index is 0.178. The highest BCUT2D eigenvalue weighted by molar-refractivity contribution is 6.32. The van der Waals surface area contributed by atoms with Crippen LogP contribution in [0.4, 0.5) is 11.4 Å². The summed E-state index contributed by atoms with van der Waals surface area (Å²) in [5, 5.41) is 6.52. The van der Waals surface area contributed by atoms with Crippen molar-refractivity contribution in [2.75, 3.05) is 26.1 Å². The summed E-state index contributed by atoms with van der Waals surface area (Å²) in [6, 6.07) is 6.87. The molecule has 0 fully saturated rings. The SMILES string of the molecule is COc1cc(Nc2ccc(C(=O)NCCC(C)C)nc2)c(OC)cc1Cl. The van der Waals surface area contributed by atoms with Crippen molar-refractivity contribution < 1.29 is 14.3 Å². The van der Waals surface area contributed by atoms with Crippen LogP contribution in [0.1, 0.15) is 30.8 Å². The molecular formula is C19H24ClN3O3. The van der Waals surface area contributed by atoms with Gasteiger partial charge in [-0.3, -0.25) is 4.79 Å². The van der Waals surface area contributed by atoms with Gasteiger partial charge < -0.3 is 20.1 Å². The van der Waals surface area contributed by atoms with Gasteiger partial charge in [0.05, 0.1) is 36.8 Å². The second kappa shape index (κ2) is 9.29. The minimum Gasteiger partial charge on any atom is -0.495 e. The van der Waals surface area contributed by atoms with Crippen LogP contribution in [0, 0.1) is 5.92 Å². The lowest BCUT2D eigenvalue weighted by Gasteiger charge is -2.14. The van der Waals surface area contributed by atoms with E-state index in [0.29, 0.717) is 46.1 Å². The summed E-state index contributed by atoms with van der Waals surface area (Å²) in [7, 11) is 3.11. The zero-order chi connectivity index (χ0) is 19.1. The van der Waals surface area contributed by atoms with Crippen molar-refractivity contribution in [3.05, 3.63) is 41.2 Å². The smallest absolute Gasteiger partial charge is 0.269 e. The van der Waals surface area contributed by atoms with Gasteiger partial charge in [-0.15, -0.1) is 0 Å². The third-order valence-corrected chi connectivity index (χ3v) is 4.05. The highest BCUT2D eigenvalue weighted by Gasteiger charge is 2.11. The van der Waals surface area contributed by atoms with Gasteiger partial charge >= 0.3 is 0 Å². The molecule has 1 heterocycles. The lowest BCUT2D eigenvalue weighted by molar-refractivity contribution is 0.0947. The van der Waals surface area contributed by atoms with Crippen LogP contribution in [0.3, 0.4) is 0 Å². The summed E-state index contributed by atoms with van der Waals surface area (Å²) >= 11 is 6.11. The minimum atomic E-state index is -0.178. The second-order valence-electron chi connectivity index (χ2n) is 6.18. The van der Waals surface area contributed by atoms with Gasteiger partial charge in [0.25, 0.3) is 5.91 Å². The van der Waals surface area contributed by atoms with Crippen LogP contribution in [-0.4, -0.2) is 31.7 Å². The third-order valence-electron chi connectivity index (χ3n) is 3.76. The first kappa shape index (κ1) is 19.8. The average Bonchev–Trinajstić information content (AvgIpc) is 2.63. The van der Waals surface area contributed by atoms with Gasteiger partial charge in [-0.05, 0) is 24.5 Å². The molecular weight excluding hydrogens is 354 g/mol. The zero-order valence-corrected chi connectivity index (χ0v) is 16.2. The Morgan fingerprint density at radius 1 is 1.19 bits per heavy atom. The van der Waals surface area contributed by atoms with Crippen molar-refractivity contribution in [3.8, 4) is 11.5 Å². The number of rotatable bonds is 8. The molecule has 0 aliphatic carbocycles. The lowest BCUT2D eigenvalue weighted by atomic mass is 10.1. The largest absolute Gasteiger partial charge is 0.495 e. The first-order valence-electron chi connectivity index (χ1n) is 8.37. The quantitative estimate of drug-likeness (QED) is 0.718. The normalized spacial score (nSPS) is 10.5. The summed E-state index contributed by atoms with van der Waals surface area (Å²) < 4.78 is 10.6. The number of carbonyl (C=O) groups excluding carboxylic acids is 1. The number of aromatic nitrogens is 1. The van der Waals surface area contributed by atoms with E-state index in [1.54, 1.807) is 44.7 Å². The van der Waals surface area contributed by atoms with E-state index in [1.165, 1.54) is 0 Å². The molecule has 0 spiro atoms. The second-order valence-corrected chi connectivity index (χ2v) is 6.59. The standard InChI is InChI=1S/C19H24ClN3O3/c1-12(2)7-8-21-19(24)15-6-5-13(11-22-15)23-16-10-17(25-3)14(20)9-18(16)26-4/h5-6,9-12,23H,7-8H2,1-4H3,(H,21,24). The number of methoxy groups -OCH3 is 2. The van der Waals surface area contributed by atoms with Gasteiger partial charge in [0, 0.05) is 18.7 Å². The van der Waals surface area contributed by atoms with Gasteiger partial charge in [-0.2, -0.15) is 0 Å². The Labute approximate surface area is 158 Å². The van der Waals surface area contributed by atoms with E-state index in [0.717, 1.165) is 6.42 Å². The highest BCUT2D eigenvalue weighted by Crippen LogP contribution is 2.37. The first-order valence-corrected chi connectivity index (χ1v) is 8.75. The molecule has 2 N–H and O–H groups in total. The van der Waals surface area contributed by atoms with Crippen molar-refractivity contribution in [2.24, 2.45) is 5.92 Å². The van der Waals surface area contributed by atoms with Gasteiger partial charge in [0.1, 0.15) is 17.2 Å². The Morgan fingerprint density at radius 2 is 1.92 bits per heavy atom.